The molecule has 1 aliphatic heterocycles. The predicted octanol–water partition coefficient (Wildman–Crippen LogP) is 5.41. The number of hydrogen-bond acceptors (Lipinski definition) is 3. The molecule has 4 rings (SSSR count). The fourth-order valence-corrected chi connectivity index (χ4v) is 4.02. The highest BCUT2D eigenvalue weighted by Gasteiger charge is 2.51. The molecule has 2 aromatic rings. The summed E-state index contributed by atoms with van der Waals surface area (Å²) in [4.78, 5) is 12.3. The Morgan fingerprint density at radius 1 is 1.06 bits per heavy atom. The van der Waals surface area contributed by atoms with Gasteiger partial charge in [0, 0.05) is 6.54 Å². The lowest BCUT2D eigenvalue weighted by atomic mass is 9.77. The molecule has 33 heavy (non-hydrogen) atoms. The quantitative estimate of drug-likeness (QED) is 0.576. The Kier molecular flexibility index (Phi) is 6.08. The van der Waals surface area contributed by atoms with E-state index >= 15 is 0 Å². The summed E-state index contributed by atoms with van der Waals surface area (Å²) in [6, 6.07) is 10.6. The second-order valence-electron chi connectivity index (χ2n) is 10.8. The van der Waals surface area contributed by atoms with Gasteiger partial charge in [0.1, 0.15) is 5.82 Å². The number of carbonyl (C=O) groups is 1. The maximum atomic E-state index is 14.6. The topological polar surface area (TPSA) is 59.6 Å². The summed E-state index contributed by atoms with van der Waals surface area (Å²) < 4.78 is 27.0. The minimum Gasteiger partial charge on any atom is -0.399 e. The Bertz CT molecular complexity index is 1050. The number of hydrogen-bond donors (Lipinski definition) is 2. The van der Waals surface area contributed by atoms with Crippen molar-refractivity contribution in [2.75, 3.05) is 11.9 Å². The van der Waals surface area contributed by atoms with Gasteiger partial charge in [-0.1, -0.05) is 31.2 Å². The third-order valence-corrected chi connectivity index (χ3v) is 7.40. The number of aryl methyl sites for hydroxylation is 1. The van der Waals surface area contributed by atoms with Crippen molar-refractivity contribution < 1.29 is 18.5 Å². The van der Waals surface area contributed by atoms with E-state index in [9.17, 15) is 9.18 Å². The van der Waals surface area contributed by atoms with Gasteiger partial charge in [-0.05, 0) is 93.6 Å². The van der Waals surface area contributed by atoms with Gasteiger partial charge in [0.2, 0.25) is 0 Å². The van der Waals surface area contributed by atoms with Crippen molar-refractivity contribution >= 4 is 24.3 Å². The summed E-state index contributed by atoms with van der Waals surface area (Å²) in [6.45, 7) is 12.8. The third-order valence-electron chi connectivity index (χ3n) is 7.40. The van der Waals surface area contributed by atoms with Crippen LogP contribution in [-0.4, -0.2) is 30.9 Å². The summed E-state index contributed by atoms with van der Waals surface area (Å²) in [6.07, 6.45) is 3.35. The molecule has 1 aliphatic carbocycles. The molecule has 0 unspecified atom stereocenters. The van der Waals surface area contributed by atoms with E-state index < -0.39 is 24.1 Å². The summed E-state index contributed by atoms with van der Waals surface area (Å²) in [5.74, 6) is -0.456. The zero-order chi connectivity index (χ0) is 24.0. The van der Waals surface area contributed by atoms with Crippen LogP contribution in [0.25, 0.3) is 11.1 Å². The predicted molar refractivity (Wildman–Crippen MR) is 131 cm³/mol. The Morgan fingerprint density at radius 3 is 2.36 bits per heavy atom. The van der Waals surface area contributed by atoms with Crippen molar-refractivity contribution in [1.29, 1.82) is 0 Å². The molecule has 2 aliphatic rings. The van der Waals surface area contributed by atoms with Gasteiger partial charge in [0.25, 0.3) is 0 Å². The first kappa shape index (κ1) is 23.8. The molecule has 1 saturated heterocycles. The van der Waals surface area contributed by atoms with E-state index in [1.54, 1.807) is 6.07 Å². The number of rotatable bonds is 6. The first-order chi connectivity index (χ1) is 15.4. The highest BCUT2D eigenvalue weighted by molar-refractivity contribution is 6.62. The van der Waals surface area contributed by atoms with Crippen LogP contribution in [0.3, 0.4) is 0 Å². The van der Waals surface area contributed by atoms with Crippen LogP contribution < -0.4 is 16.1 Å². The maximum absolute atomic E-state index is 14.6. The molecular weight excluding hydrogens is 418 g/mol. The number of nitrogens with one attached hydrogen (secondary N) is 2. The van der Waals surface area contributed by atoms with Crippen molar-refractivity contribution in [2.24, 2.45) is 5.41 Å². The van der Waals surface area contributed by atoms with Gasteiger partial charge in [-0.3, -0.25) is 0 Å². The molecular formula is C26H34BFN2O3. The van der Waals surface area contributed by atoms with E-state index in [-0.39, 0.29) is 11.7 Å². The minimum atomic E-state index is -0.479. The average Bonchev–Trinajstić information content (AvgIpc) is 3.40. The molecule has 0 spiro atoms. The smallest absolute Gasteiger partial charge is 0.399 e. The molecule has 176 valence electrons. The van der Waals surface area contributed by atoms with Crippen molar-refractivity contribution in [3.05, 3.63) is 47.8 Å². The Morgan fingerprint density at radius 2 is 1.73 bits per heavy atom. The van der Waals surface area contributed by atoms with Crippen LogP contribution in [0.1, 0.15) is 59.4 Å². The van der Waals surface area contributed by atoms with Crippen LogP contribution in [0.15, 0.2) is 36.4 Å². The lowest BCUT2D eigenvalue weighted by Gasteiger charge is -2.32. The number of halogens is 1. The van der Waals surface area contributed by atoms with E-state index in [0.717, 1.165) is 28.6 Å². The normalized spacial score (nSPS) is 19.9. The molecule has 1 heterocycles. The fraction of sp³-hybridized carbons (Fsp3) is 0.500. The summed E-state index contributed by atoms with van der Waals surface area (Å²) in [5, 5.41) is 5.51. The third kappa shape index (κ3) is 5.09. The van der Waals surface area contributed by atoms with Gasteiger partial charge in [-0.15, -0.1) is 0 Å². The first-order valence-corrected chi connectivity index (χ1v) is 11.7. The van der Waals surface area contributed by atoms with Crippen molar-refractivity contribution in [1.82, 2.24) is 5.32 Å². The number of benzene rings is 2. The first-order valence-electron chi connectivity index (χ1n) is 11.7. The van der Waals surface area contributed by atoms with Crippen LogP contribution in [0, 0.1) is 18.2 Å². The van der Waals surface area contributed by atoms with Crippen LogP contribution in [0.5, 0.6) is 0 Å². The molecule has 5 nitrogen and oxygen atoms in total. The van der Waals surface area contributed by atoms with Crippen LogP contribution in [-0.2, 0) is 9.31 Å². The molecule has 2 fully saturated rings. The number of urea groups is 1. The summed E-state index contributed by atoms with van der Waals surface area (Å²) >= 11 is 0. The molecule has 7 heteroatoms. The highest BCUT2D eigenvalue weighted by Crippen LogP contribution is 2.47. The van der Waals surface area contributed by atoms with Crippen LogP contribution in [0.2, 0.25) is 0 Å². The highest BCUT2D eigenvalue weighted by atomic mass is 19.1. The Labute approximate surface area is 196 Å². The molecule has 0 radical (unpaired) electrons. The van der Waals surface area contributed by atoms with Crippen LogP contribution >= 0.6 is 0 Å². The van der Waals surface area contributed by atoms with Gasteiger partial charge in [0.15, 0.2) is 0 Å². The van der Waals surface area contributed by atoms with Crippen LogP contribution in [0.4, 0.5) is 14.9 Å². The molecule has 0 bridgehead atoms. The van der Waals surface area contributed by atoms with Crippen molar-refractivity contribution in [2.45, 2.75) is 72.0 Å². The molecule has 2 amide bonds. The van der Waals surface area contributed by atoms with E-state index in [1.165, 1.54) is 18.9 Å². The second-order valence-corrected chi connectivity index (χ2v) is 10.8. The number of anilines is 1. The zero-order valence-electron chi connectivity index (χ0n) is 20.5. The second kappa shape index (κ2) is 8.44. The summed E-state index contributed by atoms with van der Waals surface area (Å²) in [7, 11) is -0.479. The SMILES string of the molecule is Cc1cc(F)c(NC(=O)NCCC2(C)CC2)cc1-c1cccc(B2OC(C)(C)C(C)(C)O2)c1. The molecule has 2 aromatic carbocycles. The fourth-order valence-electron chi connectivity index (χ4n) is 4.02. The minimum absolute atomic E-state index is 0.159. The lowest BCUT2D eigenvalue weighted by Crippen LogP contribution is -2.41. The Hall–Kier alpha value is -2.38. The van der Waals surface area contributed by atoms with Gasteiger partial charge >= 0.3 is 13.1 Å². The standard InChI is InChI=1S/C26H34BFN2O3/c1-17-14-21(28)22(30-23(31)29-13-12-26(6)10-11-26)16-20(17)18-8-7-9-19(15-18)27-32-24(2,3)25(4,5)33-27/h7-9,14-16H,10-13H2,1-6H3,(H2,29,30,31). The van der Waals surface area contributed by atoms with Gasteiger partial charge in [-0.25, -0.2) is 9.18 Å². The largest absolute Gasteiger partial charge is 0.494 e. The van der Waals surface area contributed by atoms with E-state index in [1.807, 2.05) is 58.9 Å². The lowest BCUT2D eigenvalue weighted by molar-refractivity contribution is 0.00578. The monoisotopic (exact) mass is 452 g/mol. The van der Waals surface area contributed by atoms with Crippen molar-refractivity contribution in [3.8, 4) is 11.1 Å². The maximum Gasteiger partial charge on any atom is 0.494 e. The van der Waals surface area contributed by atoms with Gasteiger partial charge < -0.3 is 19.9 Å². The van der Waals surface area contributed by atoms with Crippen molar-refractivity contribution in [3.63, 3.8) is 0 Å². The van der Waals surface area contributed by atoms with Gasteiger partial charge in [0.05, 0.1) is 16.9 Å². The number of amides is 2. The number of carbonyl (C=O) groups excluding carboxylic acids is 1. The molecule has 0 atom stereocenters. The van der Waals surface area contributed by atoms with Gasteiger partial charge in [-0.2, -0.15) is 0 Å². The zero-order valence-corrected chi connectivity index (χ0v) is 20.5. The molecule has 0 aromatic heterocycles. The van der Waals surface area contributed by atoms with E-state index in [0.29, 0.717) is 12.0 Å². The summed E-state index contributed by atoms with van der Waals surface area (Å²) in [5.41, 5.74) is 3.09. The average molecular weight is 452 g/mol. The van der Waals surface area contributed by atoms with E-state index in [2.05, 4.69) is 17.6 Å². The molecule has 2 N–H and O–H groups in total. The van der Waals surface area contributed by atoms with E-state index in [4.69, 9.17) is 9.31 Å². The molecule has 1 saturated carbocycles. The Balaban J connectivity index is 1.52.